The zero-order valence-corrected chi connectivity index (χ0v) is 8.20. The lowest BCUT2D eigenvalue weighted by molar-refractivity contribution is -0.143. The lowest BCUT2D eigenvalue weighted by Crippen LogP contribution is -2.14. The fourth-order valence-electron chi connectivity index (χ4n) is 1.03. The number of halogens is 1. The van der Waals surface area contributed by atoms with E-state index in [2.05, 4.69) is 4.74 Å². The molecule has 0 aliphatic heterocycles. The number of benzene rings is 1. The Kier molecular flexibility index (Phi) is 4.05. The van der Waals surface area contributed by atoms with Gasteiger partial charge in [0.1, 0.15) is 0 Å². The Hall–Kier alpha value is -1.62. The molecule has 0 unspecified atom stereocenters. The number of esters is 1. The van der Waals surface area contributed by atoms with Crippen molar-refractivity contribution < 1.29 is 23.8 Å². The molecule has 1 N–H and O–H groups in total. The smallest absolute Gasteiger partial charge is 0.343 e. The molecule has 0 bridgehead atoms. The van der Waals surface area contributed by atoms with Gasteiger partial charge in [-0.05, 0) is 6.07 Å². The number of aliphatic hydroxyl groups is 1. The minimum atomic E-state index is -0.620. The molecule has 0 aliphatic carbocycles. The third-order valence-corrected chi connectivity index (χ3v) is 1.78. The van der Waals surface area contributed by atoms with Gasteiger partial charge in [-0.3, -0.25) is 0 Å². The predicted molar refractivity (Wildman–Crippen MR) is 49.8 cm³/mol. The van der Waals surface area contributed by atoms with Crippen molar-refractivity contribution >= 4 is 5.97 Å². The molecule has 4 nitrogen and oxygen atoms in total. The second kappa shape index (κ2) is 5.31. The van der Waals surface area contributed by atoms with E-state index in [0.29, 0.717) is 5.56 Å². The normalized spacial score (nSPS) is 9.80. The first-order chi connectivity index (χ1) is 7.19. The fourth-order valence-corrected chi connectivity index (χ4v) is 1.03. The first-order valence-corrected chi connectivity index (χ1v) is 4.27. The van der Waals surface area contributed by atoms with Crippen LogP contribution in [0.3, 0.4) is 0 Å². The molecule has 0 aliphatic rings. The summed E-state index contributed by atoms with van der Waals surface area (Å²) in [5, 5.41) is 8.90. The lowest BCUT2D eigenvalue weighted by atomic mass is 10.2. The van der Waals surface area contributed by atoms with Crippen molar-refractivity contribution in [3.8, 4) is 5.75 Å². The molecule has 0 saturated carbocycles. The molecule has 0 amide bonds. The van der Waals surface area contributed by atoms with Gasteiger partial charge in [0.05, 0.1) is 13.7 Å². The average molecular weight is 214 g/mol. The summed E-state index contributed by atoms with van der Waals surface area (Å²) in [6.45, 7) is -0.737. The van der Waals surface area contributed by atoms with Crippen molar-refractivity contribution in [3.05, 3.63) is 29.6 Å². The summed E-state index contributed by atoms with van der Waals surface area (Å²) < 4.78 is 22.4. The molecule has 0 saturated heterocycles. The van der Waals surface area contributed by atoms with Gasteiger partial charge >= 0.3 is 5.97 Å². The number of methoxy groups -OCH3 is 1. The van der Waals surface area contributed by atoms with Gasteiger partial charge in [0.25, 0.3) is 0 Å². The van der Waals surface area contributed by atoms with Crippen LogP contribution in [0, 0.1) is 5.82 Å². The zero-order valence-electron chi connectivity index (χ0n) is 8.20. The Morgan fingerprint density at radius 1 is 1.53 bits per heavy atom. The van der Waals surface area contributed by atoms with Crippen LogP contribution >= 0.6 is 0 Å². The Morgan fingerprint density at radius 2 is 2.27 bits per heavy atom. The number of ether oxygens (including phenoxy) is 2. The van der Waals surface area contributed by atoms with Gasteiger partial charge in [0.15, 0.2) is 18.2 Å². The molecule has 1 rings (SSSR count). The standard InChI is InChI=1S/C10H11FO4/c1-14-9(13)6-15-10-7(5-12)3-2-4-8(10)11/h2-4,12H,5-6H2,1H3. The molecule has 0 spiro atoms. The van der Waals surface area contributed by atoms with Crippen LogP contribution in [0.15, 0.2) is 18.2 Å². The van der Waals surface area contributed by atoms with Crippen LogP contribution in [0.1, 0.15) is 5.56 Å². The van der Waals surface area contributed by atoms with E-state index in [-0.39, 0.29) is 19.0 Å². The van der Waals surface area contributed by atoms with E-state index in [1.165, 1.54) is 25.3 Å². The number of aliphatic hydroxyl groups excluding tert-OH is 1. The SMILES string of the molecule is COC(=O)COc1c(F)cccc1CO. The third-order valence-electron chi connectivity index (χ3n) is 1.78. The van der Waals surface area contributed by atoms with E-state index in [4.69, 9.17) is 9.84 Å². The van der Waals surface area contributed by atoms with Crippen LogP contribution in [-0.4, -0.2) is 24.8 Å². The van der Waals surface area contributed by atoms with Gasteiger partial charge in [0.2, 0.25) is 0 Å². The largest absolute Gasteiger partial charge is 0.478 e. The van der Waals surface area contributed by atoms with Crippen molar-refractivity contribution in [3.63, 3.8) is 0 Å². The average Bonchev–Trinajstić information content (AvgIpc) is 2.26. The van der Waals surface area contributed by atoms with Crippen molar-refractivity contribution in [1.82, 2.24) is 0 Å². The highest BCUT2D eigenvalue weighted by Gasteiger charge is 2.11. The lowest BCUT2D eigenvalue weighted by Gasteiger charge is -2.09. The summed E-state index contributed by atoms with van der Waals surface area (Å²) in [7, 11) is 1.21. The van der Waals surface area contributed by atoms with E-state index in [9.17, 15) is 9.18 Å². The Balaban J connectivity index is 2.78. The number of hydrogen-bond acceptors (Lipinski definition) is 4. The van der Waals surface area contributed by atoms with E-state index in [1.54, 1.807) is 0 Å². The van der Waals surface area contributed by atoms with Gasteiger partial charge in [0, 0.05) is 5.56 Å². The summed E-state index contributed by atoms with van der Waals surface area (Å²) in [5.74, 6) is -1.35. The predicted octanol–water partition coefficient (Wildman–Crippen LogP) is 0.870. The van der Waals surface area contributed by atoms with Gasteiger partial charge in [-0.25, -0.2) is 9.18 Å². The molecular weight excluding hydrogens is 203 g/mol. The van der Waals surface area contributed by atoms with Crippen LogP contribution in [0.25, 0.3) is 0 Å². The fraction of sp³-hybridized carbons (Fsp3) is 0.300. The van der Waals surface area contributed by atoms with Crippen molar-refractivity contribution in [1.29, 1.82) is 0 Å². The molecule has 1 aromatic rings. The highest BCUT2D eigenvalue weighted by atomic mass is 19.1. The highest BCUT2D eigenvalue weighted by Crippen LogP contribution is 2.22. The molecular formula is C10H11FO4. The highest BCUT2D eigenvalue weighted by molar-refractivity contribution is 5.70. The number of rotatable bonds is 4. The van der Waals surface area contributed by atoms with E-state index < -0.39 is 11.8 Å². The number of carbonyl (C=O) groups excluding carboxylic acids is 1. The van der Waals surface area contributed by atoms with Gasteiger partial charge < -0.3 is 14.6 Å². The van der Waals surface area contributed by atoms with Crippen molar-refractivity contribution in [2.45, 2.75) is 6.61 Å². The topological polar surface area (TPSA) is 55.8 Å². The number of hydrogen-bond donors (Lipinski definition) is 1. The van der Waals surface area contributed by atoms with Crippen molar-refractivity contribution in [2.75, 3.05) is 13.7 Å². The zero-order chi connectivity index (χ0) is 11.3. The summed E-state index contributed by atoms with van der Waals surface area (Å²) in [4.78, 5) is 10.8. The quantitative estimate of drug-likeness (QED) is 0.755. The minimum absolute atomic E-state index is 0.120. The maximum absolute atomic E-state index is 13.2. The van der Waals surface area contributed by atoms with Crippen LogP contribution < -0.4 is 4.74 Å². The van der Waals surface area contributed by atoms with E-state index >= 15 is 0 Å². The molecule has 0 aromatic heterocycles. The molecule has 0 fully saturated rings. The Labute approximate surface area is 86.2 Å². The van der Waals surface area contributed by atoms with Crippen LogP contribution in [-0.2, 0) is 16.1 Å². The first-order valence-electron chi connectivity index (χ1n) is 4.27. The summed E-state index contributed by atoms with van der Waals surface area (Å²) in [6.07, 6.45) is 0. The first kappa shape index (κ1) is 11.5. The van der Waals surface area contributed by atoms with Crippen LogP contribution in [0.2, 0.25) is 0 Å². The summed E-state index contributed by atoms with van der Waals surface area (Å²) >= 11 is 0. The Morgan fingerprint density at radius 3 is 2.87 bits per heavy atom. The van der Waals surface area contributed by atoms with Gasteiger partial charge in [-0.15, -0.1) is 0 Å². The van der Waals surface area contributed by atoms with E-state index in [1.807, 2.05) is 0 Å². The molecule has 1 aromatic carbocycles. The Bertz CT molecular complexity index is 351. The maximum atomic E-state index is 13.2. The summed E-state index contributed by atoms with van der Waals surface area (Å²) in [6, 6.07) is 4.15. The van der Waals surface area contributed by atoms with Gasteiger partial charge in [-0.1, -0.05) is 12.1 Å². The molecule has 15 heavy (non-hydrogen) atoms. The van der Waals surface area contributed by atoms with Gasteiger partial charge in [-0.2, -0.15) is 0 Å². The molecule has 0 radical (unpaired) electrons. The second-order valence-electron chi connectivity index (χ2n) is 2.75. The summed E-state index contributed by atoms with van der Waals surface area (Å²) in [5.41, 5.74) is 0.291. The molecule has 0 heterocycles. The molecule has 5 heteroatoms. The number of carbonyl (C=O) groups is 1. The number of para-hydroxylation sites is 1. The monoisotopic (exact) mass is 214 g/mol. The maximum Gasteiger partial charge on any atom is 0.343 e. The van der Waals surface area contributed by atoms with Crippen molar-refractivity contribution in [2.24, 2.45) is 0 Å². The van der Waals surface area contributed by atoms with Crippen LogP contribution in [0.5, 0.6) is 5.75 Å². The third kappa shape index (κ3) is 2.92. The van der Waals surface area contributed by atoms with Crippen LogP contribution in [0.4, 0.5) is 4.39 Å². The second-order valence-corrected chi connectivity index (χ2v) is 2.75. The molecule has 82 valence electrons. The minimum Gasteiger partial charge on any atom is -0.478 e. The molecule has 0 atom stereocenters. The van der Waals surface area contributed by atoms with E-state index in [0.717, 1.165) is 0 Å².